The van der Waals surface area contributed by atoms with Gasteiger partial charge in [-0.3, -0.25) is 37.3 Å². The Kier molecular flexibility index (Phi) is 67.4. The average Bonchev–Trinajstić information content (AvgIpc) is 1.38. The lowest BCUT2D eigenvalue weighted by Gasteiger charge is -2.21. The van der Waals surface area contributed by atoms with Crippen molar-refractivity contribution in [2.45, 2.75) is 419 Å². The van der Waals surface area contributed by atoms with Gasteiger partial charge in [0.1, 0.15) is 19.3 Å². The third-order valence-electron chi connectivity index (χ3n) is 18.0. The van der Waals surface area contributed by atoms with E-state index in [1.54, 1.807) is 0 Å². The topological polar surface area (TPSA) is 237 Å². The number of esters is 4. The highest BCUT2D eigenvalue weighted by molar-refractivity contribution is 7.47. The van der Waals surface area contributed by atoms with Crippen molar-refractivity contribution in [1.29, 1.82) is 0 Å². The number of hydrogen-bond donors (Lipinski definition) is 3. The maximum atomic E-state index is 13.1. The molecular weight excluding hydrogens is 1260 g/mol. The standard InChI is InChI=1S/C77H150O17P2/c1-7-9-11-13-15-17-36-43-49-55-61-76(81)93-72(65-87-74(79)59-53-47-41-16-14-12-10-8-2)67-91-95(83,84)89-63-71(78)64-90-96(85,86)92-68-73(94-77(82)62-56-50-44-38-33-29-25-21-19-23-27-31-35-40-46-52-58-70(5)6)66-88-75(80)60-54-48-42-37-32-28-24-20-18-22-26-30-34-39-45-51-57-69(3)4/h69-73,78H,7-68H2,1-6H3,(H,83,84)(H,85,86)/t71-,72+,73+/m0/s1. The molecule has 0 aromatic rings. The molecule has 0 aromatic heterocycles. The number of phosphoric ester groups is 2. The van der Waals surface area contributed by atoms with Crippen molar-refractivity contribution in [2.75, 3.05) is 39.6 Å². The van der Waals surface area contributed by atoms with Crippen LogP contribution in [0.25, 0.3) is 0 Å². The van der Waals surface area contributed by atoms with E-state index in [1.165, 1.54) is 212 Å². The fraction of sp³-hybridized carbons (Fsp3) is 0.948. The molecule has 0 aliphatic rings. The minimum Gasteiger partial charge on any atom is -0.462 e. The average molecular weight is 1410 g/mol. The first-order chi connectivity index (χ1) is 46.4. The van der Waals surface area contributed by atoms with E-state index in [2.05, 4.69) is 41.5 Å². The van der Waals surface area contributed by atoms with E-state index in [0.29, 0.717) is 25.7 Å². The quantitative estimate of drug-likeness (QED) is 0.0222. The molecule has 0 fully saturated rings. The van der Waals surface area contributed by atoms with Crippen LogP contribution < -0.4 is 0 Å². The Hall–Kier alpha value is -1.94. The predicted octanol–water partition coefficient (Wildman–Crippen LogP) is 22.7. The van der Waals surface area contributed by atoms with E-state index in [4.69, 9.17) is 37.0 Å². The molecule has 0 heterocycles. The van der Waals surface area contributed by atoms with Crippen LogP contribution in [-0.2, 0) is 65.4 Å². The van der Waals surface area contributed by atoms with Crippen molar-refractivity contribution in [3.8, 4) is 0 Å². The van der Waals surface area contributed by atoms with Gasteiger partial charge in [0, 0.05) is 25.7 Å². The fourth-order valence-corrected chi connectivity index (χ4v) is 13.4. The van der Waals surface area contributed by atoms with Crippen molar-refractivity contribution >= 4 is 39.5 Å². The van der Waals surface area contributed by atoms with Crippen LogP contribution in [0.3, 0.4) is 0 Å². The first-order valence-corrected chi connectivity index (χ1v) is 43.0. The number of ether oxygens (including phenoxy) is 4. The smallest absolute Gasteiger partial charge is 0.462 e. The summed E-state index contributed by atoms with van der Waals surface area (Å²) in [7, 11) is -9.90. The number of hydrogen-bond acceptors (Lipinski definition) is 15. The van der Waals surface area contributed by atoms with Crippen LogP contribution in [-0.4, -0.2) is 96.7 Å². The molecule has 0 aromatic carbocycles. The number of aliphatic hydroxyl groups is 1. The van der Waals surface area contributed by atoms with Crippen LogP contribution in [0.15, 0.2) is 0 Å². The van der Waals surface area contributed by atoms with E-state index in [0.717, 1.165) is 108 Å². The molecule has 5 atom stereocenters. The highest BCUT2D eigenvalue weighted by Crippen LogP contribution is 2.45. The van der Waals surface area contributed by atoms with Crippen molar-refractivity contribution in [3.63, 3.8) is 0 Å². The second-order valence-corrected chi connectivity index (χ2v) is 31.6. The summed E-state index contributed by atoms with van der Waals surface area (Å²) in [5, 5.41) is 10.6. The van der Waals surface area contributed by atoms with Gasteiger partial charge in [-0.2, -0.15) is 0 Å². The van der Waals surface area contributed by atoms with Crippen LogP contribution in [0.2, 0.25) is 0 Å². The number of phosphoric acid groups is 2. The SMILES string of the molecule is CCCCCCCCCCCCC(=O)O[C@H](COC(=O)CCCCCCCCCC)COP(=O)(O)OC[C@H](O)COP(=O)(O)OC[C@@H](COC(=O)CCCCCCCCCCCCCCCCCCC(C)C)OC(=O)CCCCCCCCCCCCCCCCCCC(C)C. The molecule has 0 aliphatic carbocycles. The number of rotatable bonds is 76. The van der Waals surface area contributed by atoms with E-state index in [1.807, 2.05) is 0 Å². The Bertz CT molecular complexity index is 1860. The van der Waals surface area contributed by atoms with E-state index < -0.39 is 97.5 Å². The molecule has 19 heteroatoms. The summed E-state index contributed by atoms with van der Waals surface area (Å²) < 4.78 is 68.4. The summed E-state index contributed by atoms with van der Waals surface area (Å²) >= 11 is 0. The van der Waals surface area contributed by atoms with Crippen LogP contribution >= 0.6 is 15.6 Å². The van der Waals surface area contributed by atoms with Gasteiger partial charge >= 0.3 is 39.5 Å². The Morgan fingerprint density at radius 1 is 0.281 bits per heavy atom. The van der Waals surface area contributed by atoms with Gasteiger partial charge in [0.25, 0.3) is 0 Å². The molecule has 570 valence electrons. The molecule has 3 N–H and O–H groups in total. The minimum absolute atomic E-state index is 0.106. The van der Waals surface area contributed by atoms with Gasteiger partial charge in [0.2, 0.25) is 0 Å². The van der Waals surface area contributed by atoms with Gasteiger partial charge in [-0.05, 0) is 37.5 Å². The summed E-state index contributed by atoms with van der Waals surface area (Å²) in [5.74, 6) is -0.495. The highest BCUT2D eigenvalue weighted by Gasteiger charge is 2.30. The van der Waals surface area contributed by atoms with E-state index in [-0.39, 0.29) is 25.7 Å². The van der Waals surface area contributed by atoms with Crippen LogP contribution in [0.5, 0.6) is 0 Å². The van der Waals surface area contributed by atoms with Crippen LogP contribution in [0.1, 0.15) is 401 Å². The van der Waals surface area contributed by atoms with Gasteiger partial charge in [-0.1, -0.05) is 350 Å². The van der Waals surface area contributed by atoms with Crippen molar-refractivity contribution in [3.05, 3.63) is 0 Å². The van der Waals surface area contributed by atoms with Crippen LogP contribution in [0.4, 0.5) is 0 Å². The lowest BCUT2D eigenvalue weighted by Crippen LogP contribution is -2.30. The van der Waals surface area contributed by atoms with Gasteiger partial charge in [-0.15, -0.1) is 0 Å². The minimum atomic E-state index is -4.96. The molecule has 0 amide bonds. The van der Waals surface area contributed by atoms with Gasteiger partial charge in [0.05, 0.1) is 26.4 Å². The summed E-state index contributed by atoms with van der Waals surface area (Å²) in [6.07, 6.45) is 57.0. The number of aliphatic hydroxyl groups excluding tert-OH is 1. The van der Waals surface area contributed by atoms with Crippen molar-refractivity contribution in [1.82, 2.24) is 0 Å². The largest absolute Gasteiger partial charge is 0.472 e. The molecule has 0 bridgehead atoms. The molecule has 0 saturated heterocycles. The second-order valence-electron chi connectivity index (χ2n) is 28.7. The zero-order chi connectivity index (χ0) is 70.7. The zero-order valence-corrected chi connectivity index (χ0v) is 64.5. The zero-order valence-electron chi connectivity index (χ0n) is 62.7. The summed E-state index contributed by atoms with van der Waals surface area (Å²) in [6.45, 7) is 9.63. The normalized spacial score (nSPS) is 14.0. The Morgan fingerprint density at radius 2 is 0.479 bits per heavy atom. The lowest BCUT2D eigenvalue weighted by atomic mass is 10.0. The molecule has 0 spiro atoms. The van der Waals surface area contributed by atoms with Crippen molar-refractivity contribution in [2.24, 2.45) is 11.8 Å². The molecule has 96 heavy (non-hydrogen) atoms. The summed E-state index contributed by atoms with van der Waals surface area (Å²) in [4.78, 5) is 72.7. The molecule has 0 radical (unpaired) electrons. The van der Waals surface area contributed by atoms with Gasteiger partial charge < -0.3 is 33.8 Å². The molecular formula is C77H150O17P2. The Balaban J connectivity index is 5.17. The van der Waals surface area contributed by atoms with Gasteiger partial charge in [-0.25, -0.2) is 9.13 Å². The second kappa shape index (κ2) is 68.8. The first kappa shape index (κ1) is 94.1. The van der Waals surface area contributed by atoms with Crippen molar-refractivity contribution < 1.29 is 80.2 Å². The maximum Gasteiger partial charge on any atom is 0.472 e. The Morgan fingerprint density at radius 3 is 0.708 bits per heavy atom. The number of carbonyl (C=O) groups excluding carboxylic acids is 4. The van der Waals surface area contributed by atoms with Gasteiger partial charge in [0.15, 0.2) is 12.2 Å². The number of unbranched alkanes of at least 4 members (excludes halogenated alkanes) is 46. The first-order valence-electron chi connectivity index (χ1n) is 40.0. The van der Waals surface area contributed by atoms with E-state index in [9.17, 15) is 43.2 Å². The molecule has 17 nitrogen and oxygen atoms in total. The monoisotopic (exact) mass is 1410 g/mol. The molecule has 0 aliphatic heterocycles. The molecule has 0 rings (SSSR count). The summed E-state index contributed by atoms with van der Waals surface area (Å²) in [6, 6.07) is 0. The van der Waals surface area contributed by atoms with Crippen LogP contribution in [0, 0.1) is 11.8 Å². The summed E-state index contributed by atoms with van der Waals surface area (Å²) in [5.41, 5.74) is 0. The third-order valence-corrected chi connectivity index (χ3v) is 19.9. The third kappa shape index (κ3) is 70.5. The Labute approximate surface area is 588 Å². The molecule has 2 unspecified atom stereocenters. The van der Waals surface area contributed by atoms with E-state index >= 15 is 0 Å². The highest BCUT2D eigenvalue weighted by atomic mass is 31.2. The lowest BCUT2D eigenvalue weighted by molar-refractivity contribution is -0.161. The molecule has 0 saturated carbocycles. The fourth-order valence-electron chi connectivity index (χ4n) is 11.8. The maximum absolute atomic E-state index is 13.1. The predicted molar refractivity (Wildman–Crippen MR) is 391 cm³/mol. The number of carbonyl (C=O) groups is 4.